The first kappa shape index (κ1) is 28.1. The minimum absolute atomic E-state index is 0.0231. The molecule has 0 radical (unpaired) electrons. The number of nitrogens with one attached hydrogen (secondary N) is 1. The van der Waals surface area contributed by atoms with Crippen LogP contribution in [-0.2, 0) is 16.4 Å². The van der Waals surface area contributed by atoms with E-state index in [9.17, 15) is 32.3 Å². The number of primary amides is 1. The number of aromatic carboxylic acids is 1. The minimum atomic E-state index is -4.68. The molecule has 2 atom stereocenters. The Bertz CT molecular complexity index is 1570. The number of hydrogen-bond donors (Lipinski definition) is 3. The van der Waals surface area contributed by atoms with Crippen LogP contribution >= 0.6 is 11.6 Å². The Hall–Kier alpha value is -3.92. The molecule has 4 N–H and O–H groups in total. The first-order valence-electron chi connectivity index (χ1n) is 11.8. The molecule has 2 aromatic carbocycles. The predicted molar refractivity (Wildman–Crippen MR) is 138 cm³/mol. The number of alkyl halides is 3. The van der Waals surface area contributed by atoms with E-state index < -0.39 is 51.9 Å². The van der Waals surface area contributed by atoms with Crippen LogP contribution in [0.1, 0.15) is 70.9 Å². The van der Waals surface area contributed by atoms with Crippen molar-refractivity contribution >= 4 is 34.4 Å². The van der Waals surface area contributed by atoms with E-state index in [1.807, 2.05) is 20.8 Å². The number of fused-ring (bicyclic) bond motifs is 1. The molecule has 0 fully saturated rings. The summed E-state index contributed by atoms with van der Waals surface area (Å²) in [6.07, 6.45) is -1.72. The smallest absolute Gasteiger partial charge is 0.416 e. The van der Waals surface area contributed by atoms with Gasteiger partial charge in [0.1, 0.15) is 5.56 Å². The second-order valence-corrected chi connectivity index (χ2v) is 10.6. The third-order valence-corrected chi connectivity index (χ3v) is 6.91. The zero-order valence-corrected chi connectivity index (χ0v) is 21.8. The number of H-pyrrole nitrogens is 1. The number of nitrogens with two attached hydrogens (primary N) is 1. The molecule has 0 spiro atoms. The second-order valence-electron chi connectivity index (χ2n) is 10.2. The summed E-state index contributed by atoms with van der Waals surface area (Å²) in [5, 5.41) is 9.31. The highest BCUT2D eigenvalue weighted by molar-refractivity contribution is 6.32. The first-order chi connectivity index (χ1) is 18.1. The number of benzene rings is 2. The lowest BCUT2D eigenvalue weighted by atomic mass is 9.77. The normalized spacial score (nSPS) is 13.8. The number of aromatic nitrogens is 2. The minimum Gasteiger partial charge on any atom is -0.478 e. The van der Waals surface area contributed by atoms with Crippen molar-refractivity contribution in [1.29, 1.82) is 0 Å². The predicted octanol–water partition coefficient (Wildman–Crippen LogP) is 6.77. The van der Waals surface area contributed by atoms with Gasteiger partial charge in [0.25, 0.3) is 0 Å². The van der Waals surface area contributed by atoms with Gasteiger partial charge in [-0.2, -0.15) is 13.2 Å². The molecule has 39 heavy (non-hydrogen) atoms. The summed E-state index contributed by atoms with van der Waals surface area (Å²) in [6, 6.07) is 8.86. The van der Waals surface area contributed by atoms with E-state index in [1.165, 1.54) is 24.4 Å². The standard InChI is InChI=1S/C28H24ClF4N3O3/c1-27(2,3)15-7-8-19(35-11-15)21(20(25(34)37)13-5-4-6-14(9-13)28(31,32)33)17-12-36-24-16(17)10-18(29)23(30)22(24)26(38)39/h4-12,20-21,36H,1-3H3,(H2,34,37)(H,38,39). The van der Waals surface area contributed by atoms with Crippen LogP contribution in [0.15, 0.2) is 54.9 Å². The van der Waals surface area contributed by atoms with E-state index in [-0.39, 0.29) is 33.1 Å². The molecule has 204 valence electrons. The van der Waals surface area contributed by atoms with E-state index >= 15 is 0 Å². The van der Waals surface area contributed by atoms with E-state index in [1.54, 1.807) is 18.3 Å². The molecule has 4 aromatic rings. The summed E-state index contributed by atoms with van der Waals surface area (Å²) in [7, 11) is 0. The average molecular weight is 562 g/mol. The highest BCUT2D eigenvalue weighted by Gasteiger charge is 2.37. The van der Waals surface area contributed by atoms with Crippen LogP contribution in [0.4, 0.5) is 17.6 Å². The molecule has 0 aliphatic rings. The highest BCUT2D eigenvalue weighted by Crippen LogP contribution is 2.44. The number of carbonyl (C=O) groups is 2. The van der Waals surface area contributed by atoms with Crippen LogP contribution in [0.2, 0.25) is 5.02 Å². The molecule has 0 aliphatic carbocycles. The number of carboxylic acids is 1. The molecule has 0 bridgehead atoms. The fourth-order valence-electron chi connectivity index (χ4n) is 4.66. The van der Waals surface area contributed by atoms with E-state index in [0.717, 1.165) is 17.7 Å². The molecule has 0 saturated heterocycles. The van der Waals surface area contributed by atoms with Gasteiger partial charge in [-0.15, -0.1) is 0 Å². The number of carboxylic acid groups (broad SMARTS) is 1. The Balaban J connectivity index is 2.03. The number of hydrogen-bond acceptors (Lipinski definition) is 3. The lowest BCUT2D eigenvalue weighted by Crippen LogP contribution is -2.28. The maximum absolute atomic E-state index is 14.7. The SMILES string of the molecule is CC(C)(C)c1ccc(C(c2c[nH]c3c(C(=O)O)c(F)c(Cl)cc23)C(C(N)=O)c2cccc(C(F)(F)F)c2)nc1. The van der Waals surface area contributed by atoms with Gasteiger partial charge in [-0.1, -0.05) is 56.6 Å². The maximum Gasteiger partial charge on any atom is 0.416 e. The number of carbonyl (C=O) groups excluding carboxylic acids is 1. The van der Waals surface area contributed by atoms with Crippen molar-refractivity contribution in [3.8, 4) is 0 Å². The van der Waals surface area contributed by atoms with Gasteiger partial charge < -0.3 is 15.8 Å². The van der Waals surface area contributed by atoms with Crippen LogP contribution in [0.3, 0.4) is 0 Å². The van der Waals surface area contributed by atoms with Gasteiger partial charge in [0.05, 0.1) is 22.0 Å². The van der Waals surface area contributed by atoms with Gasteiger partial charge in [-0.3, -0.25) is 9.78 Å². The Labute approximate surface area is 225 Å². The Kier molecular flexibility index (Phi) is 7.20. The second kappa shape index (κ2) is 10.00. The number of amides is 1. The zero-order valence-electron chi connectivity index (χ0n) is 21.0. The monoisotopic (exact) mass is 561 g/mol. The summed E-state index contributed by atoms with van der Waals surface area (Å²) >= 11 is 6.03. The number of halogens is 5. The Morgan fingerprint density at radius 1 is 1.08 bits per heavy atom. The van der Waals surface area contributed by atoms with Crippen molar-refractivity contribution in [2.75, 3.05) is 0 Å². The van der Waals surface area contributed by atoms with E-state index in [2.05, 4.69) is 9.97 Å². The lowest BCUT2D eigenvalue weighted by Gasteiger charge is -2.27. The summed E-state index contributed by atoms with van der Waals surface area (Å²) in [6.45, 7) is 5.92. The Morgan fingerprint density at radius 2 is 1.77 bits per heavy atom. The van der Waals surface area contributed by atoms with Crippen LogP contribution in [0, 0.1) is 5.82 Å². The van der Waals surface area contributed by atoms with Gasteiger partial charge in [-0.25, -0.2) is 9.18 Å². The first-order valence-corrected chi connectivity index (χ1v) is 12.1. The summed E-state index contributed by atoms with van der Waals surface area (Å²) in [4.78, 5) is 32.1. The average Bonchev–Trinajstić information content (AvgIpc) is 3.24. The van der Waals surface area contributed by atoms with Crippen molar-refractivity contribution in [2.45, 2.75) is 44.2 Å². The summed E-state index contributed by atoms with van der Waals surface area (Å²) < 4.78 is 55.3. The molecule has 2 aromatic heterocycles. The molecule has 6 nitrogen and oxygen atoms in total. The van der Waals surface area contributed by atoms with Gasteiger partial charge in [0.15, 0.2) is 5.82 Å². The quantitative estimate of drug-likeness (QED) is 0.226. The van der Waals surface area contributed by atoms with Crippen LogP contribution in [0.5, 0.6) is 0 Å². The van der Waals surface area contributed by atoms with Crippen molar-refractivity contribution in [2.24, 2.45) is 5.73 Å². The highest BCUT2D eigenvalue weighted by atomic mass is 35.5. The van der Waals surface area contributed by atoms with E-state index in [4.69, 9.17) is 17.3 Å². The zero-order chi connectivity index (χ0) is 28.9. The largest absolute Gasteiger partial charge is 0.478 e. The van der Waals surface area contributed by atoms with Gasteiger partial charge >= 0.3 is 12.1 Å². The topological polar surface area (TPSA) is 109 Å². The fraction of sp³-hybridized carbons (Fsp3) is 0.250. The summed E-state index contributed by atoms with van der Waals surface area (Å²) in [5.41, 5.74) is 5.11. The fourth-order valence-corrected chi connectivity index (χ4v) is 4.87. The maximum atomic E-state index is 14.7. The number of pyridine rings is 1. The molecule has 11 heteroatoms. The number of nitrogens with zero attached hydrogens (tertiary/aromatic N) is 1. The Morgan fingerprint density at radius 3 is 2.31 bits per heavy atom. The third kappa shape index (κ3) is 5.34. The molecular formula is C28H24ClF4N3O3. The van der Waals surface area contributed by atoms with Gasteiger partial charge in [-0.05, 0) is 40.3 Å². The van der Waals surface area contributed by atoms with Crippen LogP contribution in [0.25, 0.3) is 10.9 Å². The van der Waals surface area contributed by atoms with Crippen molar-refractivity contribution in [1.82, 2.24) is 9.97 Å². The molecule has 4 rings (SSSR count). The molecule has 0 aliphatic heterocycles. The molecule has 1 amide bonds. The molecule has 0 saturated carbocycles. The van der Waals surface area contributed by atoms with Crippen molar-refractivity contribution < 1.29 is 32.3 Å². The van der Waals surface area contributed by atoms with Crippen LogP contribution in [-0.4, -0.2) is 27.0 Å². The van der Waals surface area contributed by atoms with Crippen molar-refractivity contribution in [3.63, 3.8) is 0 Å². The summed E-state index contributed by atoms with van der Waals surface area (Å²) in [5.74, 6) is -6.13. The third-order valence-electron chi connectivity index (χ3n) is 6.64. The molecular weight excluding hydrogens is 538 g/mol. The molecule has 2 heterocycles. The number of aromatic amines is 1. The molecule has 2 unspecified atom stereocenters. The number of rotatable bonds is 6. The lowest BCUT2D eigenvalue weighted by molar-refractivity contribution is -0.137. The van der Waals surface area contributed by atoms with Gasteiger partial charge in [0.2, 0.25) is 5.91 Å². The van der Waals surface area contributed by atoms with Crippen molar-refractivity contribution in [3.05, 3.63) is 99.2 Å². The van der Waals surface area contributed by atoms with Gasteiger partial charge in [0, 0.05) is 29.4 Å². The van der Waals surface area contributed by atoms with Crippen LogP contribution < -0.4 is 5.73 Å². The van der Waals surface area contributed by atoms with E-state index in [0.29, 0.717) is 0 Å².